The summed E-state index contributed by atoms with van der Waals surface area (Å²) in [5.41, 5.74) is 1.95. The quantitative estimate of drug-likeness (QED) is 0.578. The van der Waals surface area contributed by atoms with E-state index < -0.39 is 18.8 Å². The van der Waals surface area contributed by atoms with E-state index >= 15 is 0 Å². The average Bonchev–Trinajstić information content (AvgIpc) is 3.19. The first-order chi connectivity index (χ1) is 15.8. The van der Waals surface area contributed by atoms with E-state index in [4.69, 9.17) is 14.6 Å². The Balaban J connectivity index is 1.71. The van der Waals surface area contributed by atoms with Crippen LogP contribution in [0.3, 0.4) is 0 Å². The number of aromatic nitrogens is 4. The number of carbonyl (C=O) groups is 1. The molecule has 0 spiro atoms. The first kappa shape index (κ1) is 22.7. The van der Waals surface area contributed by atoms with Crippen LogP contribution in [0.5, 0.6) is 5.75 Å². The number of alkyl halides is 3. The van der Waals surface area contributed by atoms with Gasteiger partial charge < -0.3 is 19.9 Å². The summed E-state index contributed by atoms with van der Waals surface area (Å²) in [6.45, 7) is -0.570. The maximum atomic E-state index is 13.1. The Hall–Kier alpha value is -3.51. The highest BCUT2D eigenvalue weighted by Gasteiger charge is 2.30. The number of hydrogen-bond donors (Lipinski definition) is 2. The highest BCUT2D eigenvalue weighted by atomic mass is 19.4. The molecule has 2 N–H and O–H groups in total. The zero-order chi connectivity index (χ0) is 23.4. The fourth-order valence-electron chi connectivity index (χ4n) is 3.33. The van der Waals surface area contributed by atoms with Crippen LogP contribution in [-0.2, 0) is 11.3 Å². The maximum Gasteiger partial charge on any atom is 0.412 e. The predicted octanol–water partition coefficient (Wildman–Crippen LogP) is 2.94. The largest absolute Gasteiger partial charge is 0.412 e. The second kappa shape index (κ2) is 9.55. The lowest BCUT2D eigenvalue weighted by molar-refractivity contribution is -0.141. The number of nitrogens with zero attached hydrogens (tertiary/aromatic N) is 4. The van der Waals surface area contributed by atoms with Crippen molar-refractivity contribution < 1.29 is 32.5 Å². The summed E-state index contributed by atoms with van der Waals surface area (Å²) in [6, 6.07) is 6.23. The number of hydrogen-bond acceptors (Lipinski definition) is 7. The molecule has 3 aromatic rings. The minimum Gasteiger partial charge on any atom is -0.410 e. The number of benzene rings is 1. The Morgan fingerprint density at radius 1 is 1.24 bits per heavy atom. The molecule has 1 aromatic carbocycles. The van der Waals surface area contributed by atoms with Crippen LogP contribution in [-0.4, -0.2) is 63.5 Å². The van der Waals surface area contributed by atoms with Crippen LogP contribution in [0.4, 0.5) is 18.0 Å². The molecule has 1 aliphatic rings. The second-order valence-electron chi connectivity index (χ2n) is 7.17. The topological polar surface area (TPSA) is 111 Å². The Kier molecular flexibility index (Phi) is 6.56. The molecule has 12 heteroatoms. The second-order valence-corrected chi connectivity index (χ2v) is 7.17. The van der Waals surface area contributed by atoms with E-state index in [9.17, 15) is 18.0 Å². The first-order valence-corrected chi connectivity index (χ1v) is 10.1. The minimum atomic E-state index is -4.46. The molecule has 0 bridgehead atoms. The standard InChI is InChI=1S/C21H20F3N5O4/c22-21(23,24)12-29-19-16(11-26-29)17(13-5-9-32-10-6-13)27-18(28-19)14-1-3-15(4-2-14)33-20(31)25-7-8-30/h1-5,11,30H,6-10,12H2,(H,25,31). The molecule has 2 aromatic heterocycles. The van der Waals surface area contributed by atoms with Crippen LogP contribution in [0, 0.1) is 0 Å². The van der Waals surface area contributed by atoms with Crippen molar-refractivity contribution in [1.29, 1.82) is 0 Å². The molecule has 3 heterocycles. The molecule has 0 unspecified atom stereocenters. The average molecular weight is 463 g/mol. The SMILES string of the molecule is O=C(NCCO)Oc1ccc(-c2nc(C3=CCOCC3)c3cnn(CC(F)(F)F)c3n2)cc1. The molecule has 174 valence electrons. The third kappa shape index (κ3) is 5.46. The number of fused-ring (bicyclic) bond motifs is 1. The van der Waals surface area contributed by atoms with Gasteiger partial charge in [0.05, 0.1) is 37.1 Å². The van der Waals surface area contributed by atoms with Crippen molar-refractivity contribution in [1.82, 2.24) is 25.1 Å². The molecule has 0 radical (unpaired) electrons. The number of rotatable bonds is 6. The molecule has 4 rings (SSSR count). The third-order valence-electron chi connectivity index (χ3n) is 4.80. The monoisotopic (exact) mass is 463 g/mol. The van der Waals surface area contributed by atoms with Crippen molar-refractivity contribution in [3.05, 3.63) is 42.2 Å². The van der Waals surface area contributed by atoms with Gasteiger partial charge in [0.2, 0.25) is 0 Å². The van der Waals surface area contributed by atoms with Gasteiger partial charge in [-0.3, -0.25) is 0 Å². The van der Waals surface area contributed by atoms with Gasteiger partial charge in [0.1, 0.15) is 12.3 Å². The van der Waals surface area contributed by atoms with Crippen LogP contribution in [0.1, 0.15) is 12.1 Å². The Bertz CT molecular complexity index is 1180. The number of halogens is 3. The Morgan fingerprint density at radius 3 is 2.70 bits per heavy atom. The molecule has 0 saturated carbocycles. The van der Waals surface area contributed by atoms with Crippen molar-refractivity contribution >= 4 is 22.7 Å². The van der Waals surface area contributed by atoms with E-state index in [0.29, 0.717) is 36.3 Å². The Labute approximate surface area is 185 Å². The van der Waals surface area contributed by atoms with Crippen molar-refractivity contribution in [2.75, 3.05) is 26.4 Å². The normalized spacial score (nSPS) is 14.2. The smallest absolute Gasteiger partial charge is 0.410 e. The lowest BCUT2D eigenvalue weighted by Crippen LogP contribution is -2.29. The van der Waals surface area contributed by atoms with Gasteiger partial charge in [-0.25, -0.2) is 19.4 Å². The molecule has 1 amide bonds. The summed E-state index contributed by atoms with van der Waals surface area (Å²) in [5, 5.41) is 15.4. The van der Waals surface area contributed by atoms with Crippen LogP contribution in [0.2, 0.25) is 0 Å². The van der Waals surface area contributed by atoms with E-state index in [1.165, 1.54) is 18.3 Å². The van der Waals surface area contributed by atoms with Crippen molar-refractivity contribution in [3.63, 3.8) is 0 Å². The molecule has 33 heavy (non-hydrogen) atoms. The summed E-state index contributed by atoms with van der Waals surface area (Å²) in [5.74, 6) is 0.454. The van der Waals surface area contributed by atoms with E-state index in [2.05, 4.69) is 20.4 Å². The fraction of sp³-hybridized carbons (Fsp3) is 0.333. The molecule has 0 saturated heterocycles. The summed E-state index contributed by atoms with van der Waals surface area (Å²) < 4.78 is 50.4. The van der Waals surface area contributed by atoms with E-state index in [1.807, 2.05) is 6.08 Å². The number of ether oxygens (including phenoxy) is 2. The number of nitrogens with one attached hydrogen (secondary N) is 1. The zero-order valence-electron chi connectivity index (χ0n) is 17.3. The number of aliphatic hydroxyl groups excluding tert-OH is 1. The van der Waals surface area contributed by atoms with Crippen LogP contribution in [0.15, 0.2) is 36.5 Å². The predicted molar refractivity (Wildman–Crippen MR) is 111 cm³/mol. The maximum absolute atomic E-state index is 13.1. The van der Waals surface area contributed by atoms with Gasteiger partial charge in [-0.1, -0.05) is 6.08 Å². The van der Waals surface area contributed by atoms with Gasteiger partial charge in [-0.2, -0.15) is 18.3 Å². The summed E-state index contributed by atoms with van der Waals surface area (Å²) in [7, 11) is 0. The zero-order valence-corrected chi connectivity index (χ0v) is 17.3. The van der Waals surface area contributed by atoms with Gasteiger partial charge in [0, 0.05) is 12.1 Å². The van der Waals surface area contributed by atoms with Gasteiger partial charge in [-0.05, 0) is 36.3 Å². The number of aliphatic hydroxyl groups is 1. The van der Waals surface area contributed by atoms with Crippen molar-refractivity contribution in [2.45, 2.75) is 19.1 Å². The summed E-state index contributed by atoms with van der Waals surface area (Å²) in [6.07, 6.45) is -1.43. The van der Waals surface area contributed by atoms with E-state index in [0.717, 1.165) is 10.3 Å². The highest BCUT2D eigenvalue weighted by Crippen LogP contribution is 2.31. The highest BCUT2D eigenvalue weighted by molar-refractivity contribution is 5.89. The minimum absolute atomic E-state index is 0.0556. The van der Waals surface area contributed by atoms with E-state index in [1.54, 1.807) is 12.1 Å². The lowest BCUT2D eigenvalue weighted by Gasteiger charge is -2.15. The van der Waals surface area contributed by atoms with Crippen molar-refractivity contribution in [2.24, 2.45) is 0 Å². The molecule has 1 aliphatic heterocycles. The first-order valence-electron chi connectivity index (χ1n) is 10.1. The van der Waals surface area contributed by atoms with Crippen LogP contribution < -0.4 is 10.1 Å². The molecule has 9 nitrogen and oxygen atoms in total. The molecular weight excluding hydrogens is 443 g/mol. The molecule has 0 aliphatic carbocycles. The van der Waals surface area contributed by atoms with Crippen molar-refractivity contribution in [3.8, 4) is 17.1 Å². The molecule has 0 atom stereocenters. The van der Waals surface area contributed by atoms with Gasteiger partial charge in [0.25, 0.3) is 0 Å². The van der Waals surface area contributed by atoms with Gasteiger partial charge in [-0.15, -0.1) is 0 Å². The molecular formula is C21H20F3N5O4. The van der Waals surface area contributed by atoms with Gasteiger partial charge in [0.15, 0.2) is 11.5 Å². The van der Waals surface area contributed by atoms with Crippen LogP contribution in [0.25, 0.3) is 28.0 Å². The van der Waals surface area contributed by atoms with Crippen LogP contribution >= 0.6 is 0 Å². The third-order valence-corrected chi connectivity index (χ3v) is 4.80. The van der Waals surface area contributed by atoms with E-state index in [-0.39, 0.29) is 30.4 Å². The van der Waals surface area contributed by atoms with Gasteiger partial charge >= 0.3 is 12.3 Å². The summed E-state index contributed by atoms with van der Waals surface area (Å²) in [4.78, 5) is 20.6. The Morgan fingerprint density at radius 2 is 2.03 bits per heavy atom. The summed E-state index contributed by atoms with van der Waals surface area (Å²) >= 11 is 0. The number of carbonyl (C=O) groups excluding carboxylic acids is 1. The lowest BCUT2D eigenvalue weighted by atomic mass is 10.0. The fourth-order valence-corrected chi connectivity index (χ4v) is 3.33. The molecule has 0 fully saturated rings. The number of amides is 1.